The van der Waals surface area contributed by atoms with Gasteiger partial charge in [0.2, 0.25) is 0 Å². The molecule has 1 aliphatic heterocycles. The molecule has 1 heterocycles. The molecule has 1 aromatic carbocycles. The van der Waals surface area contributed by atoms with Crippen LogP contribution in [0, 0.1) is 5.41 Å². The van der Waals surface area contributed by atoms with Crippen molar-refractivity contribution in [3.8, 4) is 0 Å². The second-order valence-corrected chi connectivity index (χ2v) is 7.05. The number of anilines is 1. The molecule has 0 N–H and O–H groups in total. The highest BCUT2D eigenvalue weighted by molar-refractivity contribution is 5.58. The number of hydrogen-bond acceptors (Lipinski definition) is 1. The molecule has 0 aromatic heterocycles. The number of para-hydroxylation sites is 1. The first kappa shape index (κ1) is 12.1. The Bertz CT molecular complexity index is 425. The molecule has 3 rings (SSSR count). The third-order valence-electron chi connectivity index (χ3n) is 4.52. The zero-order valence-electron chi connectivity index (χ0n) is 11.9. The van der Waals surface area contributed by atoms with E-state index in [1.54, 1.807) is 5.56 Å². The third-order valence-corrected chi connectivity index (χ3v) is 4.52. The summed E-state index contributed by atoms with van der Waals surface area (Å²) in [4.78, 5) is 2.69. The van der Waals surface area contributed by atoms with E-state index < -0.39 is 0 Å². The summed E-state index contributed by atoms with van der Waals surface area (Å²) in [7, 11) is 0. The van der Waals surface area contributed by atoms with E-state index in [1.165, 1.54) is 37.9 Å². The fourth-order valence-electron chi connectivity index (χ4n) is 3.44. The van der Waals surface area contributed by atoms with Gasteiger partial charge in [-0.05, 0) is 48.6 Å². The van der Waals surface area contributed by atoms with E-state index in [4.69, 9.17) is 0 Å². The average Bonchev–Trinajstić information content (AvgIpc) is 3.04. The lowest BCUT2D eigenvalue weighted by molar-refractivity contribution is 0.320. The van der Waals surface area contributed by atoms with E-state index in [1.807, 2.05) is 0 Å². The molecule has 1 atom stereocenters. The molecule has 0 amide bonds. The van der Waals surface area contributed by atoms with Crippen molar-refractivity contribution in [1.29, 1.82) is 0 Å². The summed E-state index contributed by atoms with van der Waals surface area (Å²) < 4.78 is 0. The largest absolute Gasteiger partial charge is 0.368 e. The van der Waals surface area contributed by atoms with Crippen LogP contribution in [0.25, 0.3) is 0 Å². The minimum Gasteiger partial charge on any atom is -0.368 e. The van der Waals surface area contributed by atoms with Crippen LogP contribution in [0.4, 0.5) is 5.69 Å². The summed E-state index contributed by atoms with van der Waals surface area (Å²) in [5.41, 5.74) is 3.51. The van der Waals surface area contributed by atoms with Crippen molar-refractivity contribution in [2.45, 2.75) is 58.4 Å². The van der Waals surface area contributed by atoms with Gasteiger partial charge < -0.3 is 4.90 Å². The minimum absolute atomic E-state index is 0.382. The molecule has 0 spiro atoms. The van der Waals surface area contributed by atoms with Crippen molar-refractivity contribution in [1.82, 2.24) is 0 Å². The zero-order chi connectivity index (χ0) is 12.8. The summed E-state index contributed by atoms with van der Waals surface area (Å²) in [6.07, 6.45) is 5.49. The van der Waals surface area contributed by atoms with Crippen LogP contribution in [0.2, 0.25) is 0 Å². The predicted octanol–water partition coefficient (Wildman–Crippen LogP) is 4.58. The third kappa shape index (κ3) is 2.15. The van der Waals surface area contributed by atoms with Crippen LogP contribution in [-0.2, 0) is 0 Å². The van der Waals surface area contributed by atoms with Gasteiger partial charge in [0.1, 0.15) is 0 Å². The van der Waals surface area contributed by atoms with E-state index in [0.29, 0.717) is 11.5 Å². The second-order valence-electron chi connectivity index (χ2n) is 7.05. The van der Waals surface area contributed by atoms with Crippen LogP contribution in [0.5, 0.6) is 0 Å². The Morgan fingerprint density at radius 3 is 2.44 bits per heavy atom. The highest BCUT2D eigenvalue weighted by Gasteiger charge is 2.36. The number of nitrogens with zero attached hydrogens (tertiary/aromatic N) is 1. The zero-order valence-corrected chi connectivity index (χ0v) is 11.9. The molecule has 98 valence electrons. The molecular weight excluding hydrogens is 218 g/mol. The van der Waals surface area contributed by atoms with Crippen LogP contribution in [-0.4, -0.2) is 12.6 Å². The Kier molecular flexibility index (Phi) is 2.88. The standard InChI is InChI=1S/C17H25N/c1-17(2,3)16-9-6-12-18(16)15-8-5-4-7-14(15)13-10-11-13/h4-5,7-8,13,16H,6,9-12H2,1-3H3. The van der Waals surface area contributed by atoms with Gasteiger partial charge in [-0.15, -0.1) is 0 Å². The second kappa shape index (κ2) is 4.29. The van der Waals surface area contributed by atoms with Gasteiger partial charge in [-0.3, -0.25) is 0 Å². The van der Waals surface area contributed by atoms with Gasteiger partial charge in [0, 0.05) is 18.3 Å². The van der Waals surface area contributed by atoms with Crippen LogP contribution < -0.4 is 4.90 Å². The van der Waals surface area contributed by atoms with Gasteiger partial charge in [0.05, 0.1) is 0 Å². The Hall–Kier alpha value is -0.980. The first-order valence-electron chi connectivity index (χ1n) is 7.43. The average molecular weight is 243 g/mol. The molecule has 1 aliphatic carbocycles. The normalized spacial score (nSPS) is 24.6. The molecule has 1 nitrogen and oxygen atoms in total. The topological polar surface area (TPSA) is 3.24 Å². The highest BCUT2D eigenvalue weighted by Crippen LogP contribution is 2.46. The molecule has 1 unspecified atom stereocenters. The molecule has 0 bridgehead atoms. The Balaban J connectivity index is 1.94. The van der Waals surface area contributed by atoms with E-state index in [2.05, 4.69) is 49.9 Å². The van der Waals surface area contributed by atoms with Gasteiger partial charge >= 0.3 is 0 Å². The first-order chi connectivity index (χ1) is 8.57. The molecule has 1 saturated carbocycles. The monoisotopic (exact) mass is 243 g/mol. The molecule has 2 fully saturated rings. The van der Waals surface area contributed by atoms with Crippen LogP contribution in [0.1, 0.15) is 57.9 Å². The maximum absolute atomic E-state index is 2.69. The number of hydrogen-bond donors (Lipinski definition) is 0. The van der Waals surface area contributed by atoms with Gasteiger partial charge in [-0.1, -0.05) is 39.0 Å². The van der Waals surface area contributed by atoms with Crippen molar-refractivity contribution in [3.63, 3.8) is 0 Å². The quantitative estimate of drug-likeness (QED) is 0.735. The fourth-order valence-corrected chi connectivity index (χ4v) is 3.44. The van der Waals surface area contributed by atoms with E-state index in [0.717, 1.165) is 5.92 Å². The maximum atomic E-state index is 2.69. The highest BCUT2D eigenvalue weighted by atomic mass is 15.2. The van der Waals surface area contributed by atoms with Crippen molar-refractivity contribution in [2.24, 2.45) is 5.41 Å². The molecule has 1 aromatic rings. The van der Waals surface area contributed by atoms with Gasteiger partial charge in [0.15, 0.2) is 0 Å². The van der Waals surface area contributed by atoms with Crippen molar-refractivity contribution >= 4 is 5.69 Å². The molecule has 1 heteroatoms. The SMILES string of the molecule is CC(C)(C)C1CCCN1c1ccccc1C1CC1. The number of benzene rings is 1. The summed E-state index contributed by atoms with van der Waals surface area (Å²) in [6.45, 7) is 8.40. The molecule has 18 heavy (non-hydrogen) atoms. The maximum Gasteiger partial charge on any atom is 0.0404 e. The summed E-state index contributed by atoms with van der Waals surface area (Å²) >= 11 is 0. The van der Waals surface area contributed by atoms with Crippen LogP contribution in [0.15, 0.2) is 24.3 Å². The lowest BCUT2D eigenvalue weighted by atomic mass is 9.85. The van der Waals surface area contributed by atoms with E-state index in [-0.39, 0.29) is 0 Å². The van der Waals surface area contributed by atoms with Crippen molar-refractivity contribution < 1.29 is 0 Å². The Labute approximate surface area is 111 Å². The Morgan fingerprint density at radius 2 is 1.78 bits per heavy atom. The lowest BCUT2D eigenvalue weighted by Gasteiger charge is -2.37. The van der Waals surface area contributed by atoms with E-state index in [9.17, 15) is 0 Å². The molecular formula is C17H25N. The van der Waals surface area contributed by atoms with Gasteiger partial charge in [0.25, 0.3) is 0 Å². The predicted molar refractivity (Wildman–Crippen MR) is 78.2 cm³/mol. The fraction of sp³-hybridized carbons (Fsp3) is 0.647. The molecule has 1 saturated heterocycles. The lowest BCUT2D eigenvalue weighted by Crippen LogP contribution is -2.39. The van der Waals surface area contributed by atoms with E-state index >= 15 is 0 Å². The molecule has 0 radical (unpaired) electrons. The number of rotatable bonds is 2. The van der Waals surface area contributed by atoms with Gasteiger partial charge in [-0.25, -0.2) is 0 Å². The smallest absolute Gasteiger partial charge is 0.0404 e. The summed E-state index contributed by atoms with van der Waals surface area (Å²) in [6, 6.07) is 9.82. The minimum atomic E-state index is 0.382. The summed E-state index contributed by atoms with van der Waals surface area (Å²) in [5, 5.41) is 0. The summed E-state index contributed by atoms with van der Waals surface area (Å²) in [5.74, 6) is 0.849. The Morgan fingerprint density at radius 1 is 1.06 bits per heavy atom. The van der Waals surface area contributed by atoms with Crippen LogP contribution >= 0.6 is 0 Å². The van der Waals surface area contributed by atoms with Crippen LogP contribution in [0.3, 0.4) is 0 Å². The molecule has 2 aliphatic rings. The van der Waals surface area contributed by atoms with Crippen molar-refractivity contribution in [2.75, 3.05) is 11.4 Å². The van der Waals surface area contributed by atoms with Gasteiger partial charge in [-0.2, -0.15) is 0 Å². The van der Waals surface area contributed by atoms with Crippen molar-refractivity contribution in [3.05, 3.63) is 29.8 Å². The first-order valence-corrected chi connectivity index (χ1v) is 7.43.